The Balaban J connectivity index is 2.69. The molecule has 19 heavy (non-hydrogen) atoms. The van der Waals surface area contributed by atoms with Crippen LogP contribution in [0.15, 0.2) is 18.2 Å². The number of nitriles is 1. The van der Waals surface area contributed by atoms with Crippen molar-refractivity contribution in [3.63, 3.8) is 0 Å². The smallest absolute Gasteiger partial charge is 0.306 e. The summed E-state index contributed by atoms with van der Waals surface area (Å²) in [5.41, 5.74) is 0.285. The van der Waals surface area contributed by atoms with Gasteiger partial charge in [-0.2, -0.15) is 5.26 Å². The third-order valence-electron chi connectivity index (χ3n) is 2.64. The lowest BCUT2D eigenvalue weighted by Gasteiger charge is -2.09. The predicted molar refractivity (Wildman–Crippen MR) is 67.7 cm³/mol. The largest absolute Gasteiger partial charge is 0.481 e. The van der Waals surface area contributed by atoms with E-state index in [-0.39, 0.29) is 11.3 Å². The van der Waals surface area contributed by atoms with E-state index in [2.05, 4.69) is 5.32 Å². The molecule has 0 saturated heterocycles. The molecule has 1 aromatic carbocycles. The molecule has 1 rings (SSSR count). The van der Waals surface area contributed by atoms with Crippen molar-refractivity contribution in [2.75, 3.05) is 11.9 Å². The van der Waals surface area contributed by atoms with Crippen LogP contribution in [0, 0.1) is 27.4 Å². The Kier molecular flexibility index (Phi) is 4.83. The molecule has 100 valence electrons. The Hall–Kier alpha value is -2.62. The van der Waals surface area contributed by atoms with Crippen LogP contribution in [0.5, 0.6) is 0 Å². The quantitative estimate of drug-likeness (QED) is 0.598. The third kappa shape index (κ3) is 3.96. The standard InChI is InChI=1S/C12H13N3O4/c1-8(12(16)17)4-5-14-10-2-3-11(15(18)19)9(6-10)7-13/h2-3,6,8,14H,4-5H2,1H3,(H,16,17). The SMILES string of the molecule is CC(CCNc1ccc([N+](=O)[O-])c(C#N)c1)C(=O)O. The molecule has 0 aliphatic carbocycles. The summed E-state index contributed by atoms with van der Waals surface area (Å²) in [6, 6.07) is 5.88. The van der Waals surface area contributed by atoms with Gasteiger partial charge in [-0.1, -0.05) is 6.92 Å². The Morgan fingerprint density at radius 3 is 2.84 bits per heavy atom. The summed E-state index contributed by atoms with van der Waals surface area (Å²) in [5, 5.41) is 31.1. The highest BCUT2D eigenvalue weighted by atomic mass is 16.6. The average molecular weight is 263 g/mol. The Labute approximate surface area is 109 Å². The van der Waals surface area contributed by atoms with Crippen LogP contribution in [0.3, 0.4) is 0 Å². The van der Waals surface area contributed by atoms with Gasteiger partial charge in [0.2, 0.25) is 0 Å². The van der Waals surface area contributed by atoms with E-state index in [0.717, 1.165) is 0 Å². The first-order valence-electron chi connectivity index (χ1n) is 5.61. The van der Waals surface area contributed by atoms with Gasteiger partial charge in [-0.15, -0.1) is 0 Å². The van der Waals surface area contributed by atoms with Crippen LogP contribution in [0.4, 0.5) is 11.4 Å². The maximum atomic E-state index is 10.6. The normalized spacial score (nSPS) is 11.4. The fourth-order valence-electron chi connectivity index (χ4n) is 1.45. The van der Waals surface area contributed by atoms with Crippen molar-refractivity contribution in [2.24, 2.45) is 5.92 Å². The topological polar surface area (TPSA) is 116 Å². The van der Waals surface area contributed by atoms with Gasteiger partial charge in [-0.3, -0.25) is 14.9 Å². The van der Waals surface area contributed by atoms with E-state index < -0.39 is 16.8 Å². The predicted octanol–water partition coefficient (Wildman–Crippen LogP) is 1.99. The fourth-order valence-corrected chi connectivity index (χ4v) is 1.45. The second kappa shape index (κ2) is 6.35. The number of hydrogen-bond acceptors (Lipinski definition) is 5. The molecule has 1 atom stereocenters. The first kappa shape index (κ1) is 14.4. The van der Waals surface area contributed by atoms with Gasteiger partial charge in [0.15, 0.2) is 0 Å². The summed E-state index contributed by atoms with van der Waals surface area (Å²) in [5.74, 6) is -1.34. The van der Waals surface area contributed by atoms with Gasteiger partial charge < -0.3 is 10.4 Å². The minimum Gasteiger partial charge on any atom is -0.481 e. The minimum absolute atomic E-state index is 0.0266. The summed E-state index contributed by atoms with van der Waals surface area (Å²) >= 11 is 0. The van der Waals surface area contributed by atoms with E-state index in [1.165, 1.54) is 18.2 Å². The molecule has 0 bridgehead atoms. The number of hydrogen-bond donors (Lipinski definition) is 2. The van der Waals surface area contributed by atoms with Crippen LogP contribution in [0.25, 0.3) is 0 Å². The number of aliphatic carboxylic acids is 1. The van der Waals surface area contributed by atoms with E-state index in [0.29, 0.717) is 18.7 Å². The number of carbonyl (C=O) groups is 1. The Bertz CT molecular complexity index is 536. The zero-order valence-electron chi connectivity index (χ0n) is 10.3. The molecule has 2 N–H and O–H groups in total. The second-order valence-electron chi connectivity index (χ2n) is 4.06. The van der Waals surface area contributed by atoms with Crippen molar-refractivity contribution < 1.29 is 14.8 Å². The summed E-state index contributed by atoms with van der Waals surface area (Å²) in [6.45, 7) is 2.01. The molecular weight excluding hydrogens is 250 g/mol. The van der Waals surface area contributed by atoms with Crippen molar-refractivity contribution in [1.82, 2.24) is 0 Å². The van der Waals surface area contributed by atoms with Crippen LogP contribution in [0.2, 0.25) is 0 Å². The first-order valence-corrected chi connectivity index (χ1v) is 5.61. The van der Waals surface area contributed by atoms with Gasteiger partial charge in [-0.05, 0) is 18.6 Å². The van der Waals surface area contributed by atoms with Crippen molar-refractivity contribution in [3.05, 3.63) is 33.9 Å². The third-order valence-corrected chi connectivity index (χ3v) is 2.64. The molecule has 7 nitrogen and oxygen atoms in total. The van der Waals surface area contributed by atoms with E-state index in [1.807, 2.05) is 0 Å². The zero-order chi connectivity index (χ0) is 14.4. The van der Waals surface area contributed by atoms with Gasteiger partial charge in [-0.25, -0.2) is 0 Å². The molecule has 0 heterocycles. The number of carboxylic acid groups (broad SMARTS) is 1. The van der Waals surface area contributed by atoms with Gasteiger partial charge >= 0.3 is 5.97 Å². The lowest BCUT2D eigenvalue weighted by atomic mass is 10.1. The van der Waals surface area contributed by atoms with Crippen molar-refractivity contribution in [1.29, 1.82) is 5.26 Å². The number of rotatable bonds is 6. The monoisotopic (exact) mass is 263 g/mol. The number of nitro groups is 1. The molecule has 1 aromatic rings. The second-order valence-corrected chi connectivity index (χ2v) is 4.06. The maximum Gasteiger partial charge on any atom is 0.306 e. The van der Waals surface area contributed by atoms with E-state index in [9.17, 15) is 14.9 Å². The minimum atomic E-state index is -0.872. The average Bonchev–Trinajstić information content (AvgIpc) is 2.37. The van der Waals surface area contributed by atoms with E-state index in [4.69, 9.17) is 10.4 Å². The molecule has 0 aliphatic rings. The summed E-state index contributed by atoms with van der Waals surface area (Å²) in [6.07, 6.45) is 0.425. The van der Waals surface area contributed by atoms with Crippen LogP contribution >= 0.6 is 0 Å². The molecule has 7 heteroatoms. The molecule has 0 radical (unpaired) electrons. The highest BCUT2D eigenvalue weighted by Crippen LogP contribution is 2.21. The van der Waals surface area contributed by atoms with Crippen LogP contribution < -0.4 is 5.32 Å². The van der Waals surface area contributed by atoms with Crippen LogP contribution in [-0.4, -0.2) is 22.5 Å². The number of nitrogens with zero attached hydrogens (tertiary/aromatic N) is 2. The highest BCUT2D eigenvalue weighted by molar-refractivity contribution is 5.69. The van der Waals surface area contributed by atoms with Crippen molar-refractivity contribution >= 4 is 17.3 Å². The first-order chi connectivity index (χ1) is 8.95. The van der Waals surface area contributed by atoms with Gasteiger partial charge in [0.05, 0.1) is 10.8 Å². The molecule has 0 spiro atoms. The fraction of sp³-hybridized carbons (Fsp3) is 0.333. The van der Waals surface area contributed by atoms with Gasteiger partial charge in [0.1, 0.15) is 11.6 Å². The zero-order valence-corrected chi connectivity index (χ0v) is 10.3. The van der Waals surface area contributed by atoms with Crippen molar-refractivity contribution in [2.45, 2.75) is 13.3 Å². The van der Waals surface area contributed by atoms with E-state index >= 15 is 0 Å². The molecular formula is C12H13N3O4. The van der Waals surface area contributed by atoms with Crippen LogP contribution in [-0.2, 0) is 4.79 Å². The molecule has 0 amide bonds. The van der Waals surface area contributed by atoms with Crippen LogP contribution in [0.1, 0.15) is 18.9 Å². The molecule has 1 unspecified atom stereocenters. The van der Waals surface area contributed by atoms with E-state index in [1.54, 1.807) is 13.0 Å². The Morgan fingerprint density at radius 2 is 2.32 bits per heavy atom. The van der Waals surface area contributed by atoms with Gasteiger partial charge in [0, 0.05) is 18.3 Å². The highest BCUT2D eigenvalue weighted by Gasteiger charge is 2.14. The molecule has 0 saturated carbocycles. The number of carboxylic acids is 1. The molecule has 0 aromatic heterocycles. The maximum absolute atomic E-state index is 10.6. The number of benzene rings is 1. The molecule has 0 aliphatic heterocycles. The lowest BCUT2D eigenvalue weighted by Crippen LogP contribution is -2.14. The Morgan fingerprint density at radius 1 is 1.63 bits per heavy atom. The number of nitro benzene ring substituents is 1. The molecule has 0 fully saturated rings. The van der Waals surface area contributed by atoms with Crippen molar-refractivity contribution in [3.8, 4) is 6.07 Å². The number of nitrogens with one attached hydrogen (secondary N) is 1. The number of anilines is 1. The summed E-state index contributed by atoms with van der Waals surface area (Å²) in [4.78, 5) is 20.6. The summed E-state index contributed by atoms with van der Waals surface area (Å²) in [7, 11) is 0. The van der Waals surface area contributed by atoms with Gasteiger partial charge in [0.25, 0.3) is 5.69 Å². The lowest BCUT2D eigenvalue weighted by molar-refractivity contribution is -0.385. The summed E-state index contributed by atoms with van der Waals surface area (Å²) < 4.78 is 0.